The van der Waals surface area contributed by atoms with E-state index in [-0.39, 0.29) is 0 Å². The zero-order valence-corrected chi connectivity index (χ0v) is 10.6. The van der Waals surface area contributed by atoms with Gasteiger partial charge in [-0.05, 0) is 43.7 Å². The van der Waals surface area contributed by atoms with Crippen LogP contribution in [0.15, 0.2) is 24.4 Å². The predicted molar refractivity (Wildman–Crippen MR) is 68.2 cm³/mol. The van der Waals surface area contributed by atoms with Crippen molar-refractivity contribution in [3.63, 3.8) is 0 Å². The van der Waals surface area contributed by atoms with E-state index in [4.69, 9.17) is 0 Å². The Morgan fingerprint density at radius 1 is 1.24 bits per heavy atom. The van der Waals surface area contributed by atoms with Gasteiger partial charge in [0.1, 0.15) is 0 Å². The van der Waals surface area contributed by atoms with Crippen LogP contribution < -0.4 is 5.32 Å². The first kappa shape index (κ1) is 11.8. The highest BCUT2D eigenvalue weighted by molar-refractivity contribution is 5.38. The summed E-state index contributed by atoms with van der Waals surface area (Å²) >= 11 is 0. The number of hydrogen-bond acceptors (Lipinski definition) is 3. The van der Waals surface area contributed by atoms with Gasteiger partial charge in [0, 0.05) is 6.54 Å². The zero-order valence-electron chi connectivity index (χ0n) is 10.6. The molecule has 0 unspecified atom stereocenters. The van der Waals surface area contributed by atoms with Crippen molar-refractivity contribution in [3.8, 4) is 5.69 Å². The van der Waals surface area contributed by atoms with E-state index < -0.39 is 0 Å². The minimum atomic E-state index is 0.765. The number of hydrogen-bond donors (Lipinski definition) is 1. The molecule has 0 saturated heterocycles. The smallest absolute Gasteiger partial charge is 0.0969 e. The maximum atomic E-state index is 4.14. The van der Waals surface area contributed by atoms with E-state index in [9.17, 15) is 0 Å². The Labute approximate surface area is 102 Å². The van der Waals surface area contributed by atoms with Crippen LogP contribution in [0.2, 0.25) is 0 Å². The van der Waals surface area contributed by atoms with E-state index in [1.165, 1.54) is 11.1 Å². The summed E-state index contributed by atoms with van der Waals surface area (Å²) in [5.41, 5.74) is 4.58. The summed E-state index contributed by atoms with van der Waals surface area (Å²) in [5.74, 6) is 0. The lowest BCUT2D eigenvalue weighted by Gasteiger charge is -2.03. The molecule has 1 heterocycles. The minimum Gasteiger partial charge on any atom is -0.311 e. The summed E-state index contributed by atoms with van der Waals surface area (Å²) in [4.78, 5) is 0. The lowest BCUT2D eigenvalue weighted by Crippen LogP contribution is -2.11. The van der Waals surface area contributed by atoms with Crippen LogP contribution in [0.5, 0.6) is 0 Å². The number of aromatic nitrogens is 3. The molecule has 0 saturated carbocycles. The Kier molecular flexibility index (Phi) is 3.54. The number of rotatable bonds is 4. The van der Waals surface area contributed by atoms with Crippen LogP contribution in [0.1, 0.15) is 23.7 Å². The first-order valence-electron chi connectivity index (χ1n) is 5.90. The standard InChI is InChI=1S/C13H18N4/c1-4-14-8-12-9-17(16-15-12)13-6-5-10(2)11(3)7-13/h5-7,9,14H,4,8H2,1-3H3. The molecule has 1 N–H and O–H groups in total. The van der Waals surface area contributed by atoms with E-state index in [2.05, 4.69) is 54.6 Å². The Morgan fingerprint density at radius 3 is 2.76 bits per heavy atom. The van der Waals surface area contributed by atoms with Crippen molar-refractivity contribution in [2.75, 3.05) is 6.54 Å². The lowest BCUT2D eigenvalue weighted by molar-refractivity contribution is 0.705. The molecule has 4 nitrogen and oxygen atoms in total. The maximum absolute atomic E-state index is 4.14. The van der Waals surface area contributed by atoms with Crippen molar-refractivity contribution in [2.24, 2.45) is 0 Å². The van der Waals surface area contributed by atoms with Gasteiger partial charge < -0.3 is 5.32 Å². The van der Waals surface area contributed by atoms with Crippen molar-refractivity contribution in [3.05, 3.63) is 41.2 Å². The summed E-state index contributed by atoms with van der Waals surface area (Å²) in [6.07, 6.45) is 1.97. The third kappa shape index (κ3) is 2.71. The third-order valence-electron chi connectivity index (χ3n) is 2.85. The van der Waals surface area contributed by atoms with Gasteiger partial charge in [0.05, 0.1) is 17.6 Å². The molecule has 17 heavy (non-hydrogen) atoms. The van der Waals surface area contributed by atoms with Gasteiger partial charge in [0.15, 0.2) is 0 Å². The van der Waals surface area contributed by atoms with E-state index in [0.717, 1.165) is 24.5 Å². The Hall–Kier alpha value is -1.68. The molecule has 90 valence electrons. The van der Waals surface area contributed by atoms with Crippen LogP contribution >= 0.6 is 0 Å². The summed E-state index contributed by atoms with van der Waals surface area (Å²) in [5, 5.41) is 11.5. The molecule has 1 aromatic carbocycles. The third-order valence-corrected chi connectivity index (χ3v) is 2.85. The van der Waals surface area contributed by atoms with E-state index in [1.807, 2.05) is 10.9 Å². The number of nitrogens with one attached hydrogen (secondary N) is 1. The van der Waals surface area contributed by atoms with E-state index in [1.54, 1.807) is 0 Å². The van der Waals surface area contributed by atoms with Gasteiger partial charge in [0.25, 0.3) is 0 Å². The van der Waals surface area contributed by atoms with Gasteiger partial charge in [-0.15, -0.1) is 5.10 Å². The maximum Gasteiger partial charge on any atom is 0.0969 e. The van der Waals surface area contributed by atoms with Crippen LogP contribution in [0.3, 0.4) is 0 Å². The van der Waals surface area contributed by atoms with Crippen LogP contribution in [-0.4, -0.2) is 21.5 Å². The second-order valence-electron chi connectivity index (χ2n) is 4.20. The molecule has 0 amide bonds. The van der Waals surface area contributed by atoms with Gasteiger partial charge in [-0.25, -0.2) is 4.68 Å². The number of benzene rings is 1. The van der Waals surface area contributed by atoms with Gasteiger partial charge >= 0.3 is 0 Å². The van der Waals surface area contributed by atoms with E-state index >= 15 is 0 Å². The molecule has 0 spiro atoms. The highest BCUT2D eigenvalue weighted by atomic mass is 15.4. The van der Waals surface area contributed by atoms with Gasteiger partial charge in [-0.1, -0.05) is 18.2 Å². The fourth-order valence-electron chi connectivity index (χ4n) is 1.63. The van der Waals surface area contributed by atoms with Gasteiger partial charge in [-0.3, -0.25) is 0 Å². The molecule has 0 radical (unpaired) electrons. The molecule has 2 aromatic rings. The van der Waals surface area contributed by atoms with Crippen molar-refractivity contribution >= 4 is 0 Å². The molecule has 0 aliphatic heterocycles. The fourth-order valence-corrected chi connectivity index (χ4v) is 1.63. The van der Waals surface area contributed by atoms with Gasteiger partial charge in [0.2, 0.25) is 0 Å². The van der Waals surface area contributed by atoms with Crippen molar-refractivity contribution in [1.29, 1.82) is 0 Å². The van der Waals surface area contributed by atoms with Gasteiger partial charge in [-0.2, -0.15) is 0 Å². The molecule has 4 heteroatoms. The zero-order chi connectivity index (χ0) is 12.3. The quantitative estimate of drug-likeness (QED) is 0.873. The molecular formula is C13H18N4. The van der Waals surface area contributed by atoms with Crippen molar-refractivity contribution in [2.45, 2.75) is 27.3 Å². The largest absolute Gasteiger partial charge is 0.311 e. The molecule has 2 rings (SSSR count). The molecule has 1 aromatic heterocycles. The topological polar surface area (TPSA) is 42.7 Å². The summed E-state index contributed by atoms with van der Waals surface area (Å²) in [7, 11) is 0. The molecule has 0 fully saturated rings. The van der Waals surface area contributed by atoms with E-state index in [0.29, 0.717) is 0 Å². The Bertz CT molecular complexity index is 502. The average Bonchev–Trinajstić information content (AvgIpc) is 2.79. The monoisotopic (exact) mass is 230 g/mol. The minimum absolute atomic E-state index is 0.765. The number of nitrogens with zero attached hydrogens (tertiary/aromatic N) is 3. The first-order chi connectivity index (χ1) is 8.20. The fraction of sp³-hybridized carbons (Fsp3) is 0.385. The lowest BCUT2D eigenvalue weighted by atomic mass is 10.1. The highest BCUT2D eigenvalue weighted by Crippen LogP contribution is 2.13. The summed E-state index contributed by atoms with van der Waals surface area (Å²) < 4.78 is 1.82. The number of aryl methyl sites for hydroxylation is 2. The van der Waals surface area contributed by atoms with Crippen LogP contribution in [0.4, 0.5) is 0 Å². The molecule has 0 aliphatic rings. The van der Waals surface area contributed by atoms with Crippen LogP contribution in [0, 0.1) is 13.8 Å². The summed E-state index contributed by atoms with van der Waals surface area (Å²) in [6, 6.07) is 6.30. The van der Waals surface area contributed by atoms with Crippen LogP contribution in [0.25, 0.3) is 5.69 Å². The highest BCUT2D eigenvalue weighted by Gasteiger charge is 2.03. The second kappa shape index (κ2) is 5.10. The Morgan fingerprint density at radius 2 is 2.06 bits per heavy atom. The van der Waals surface area contributed by atoms with Crippen molar-refractivity contribution < 1.29 is 0 Å². The van der Waals surface area contributed by atoms with Crippen molar-refractivity contribution in [1.82, 2.24) is 20.3 Å². The molecule has 0 atom stereocenters. The molecule has 0 bridgehead atoms. The predicted octanol–water partition coefficient (Wildman–Crippen LogP) is 1.99. The second-order valence-corrected chi connectivity index (χ2v) is 4.20. The first-order valence-corrected chi connectivity index (χ1v) is 5.90. The normalized spacial score (nSPS) is 10.8. The average molecular weight is 230 g/mol. The Balaban J connectivity index is 2.21. The molecular weight excluding hydrogens is 212 g/mol. The SMILES string of the molecule is CCNCc1cn(-c2ccc(C)c(C)c2)nn1. The molecule has 0 aliphatic carbocycles. The summed E-state index contributed by atoms with van der Waals surface area (Å²) in [6.45, 7) is 8.00. The van der Waals surface area contributed by atoms with Crippen LogP contribution in [-0.2, 0) is 6.54 Å².